The fraction of sp³-hybridized carbons (Fsp3) is 0. The minimum atomic E-state index is 0.103. The number of phenols is 1. The quantitative estimate of drug-likeness (QED) is 0.382. The van der Waals surface area contributed by atoms with Gasteiger partial charge in [-0.3, -0.25) is 0 Å². The zero-order chi connectivity index (χ0) is 18.5. The molecule has 27 heavy (non-hydrogen) atoms. The standard InChI is InChI=1S/C22H16N4O/c27-21-15-10-16-6-4-5-9-20(16)22(21)26-25-19-13-11-18(12-14-19)24-23-17-7-2-1-3-8-17/h1-15,27H. The van der Waals surface area contributed by atoms with Gasteiger partial charge in [0.2, 0.25) is 0 Å². The zero-order valence-corrected chi connectivity index (χ0v) is 14.4. The summed E-state index contributed by atoms with van der Waals surface area (Å²) in [5.41, 5.74) is 2.65. The van der Waals surface area contributed by atoms with Crippen molar-refractivity contribution in [3.8, 4) is 5.75 Å². The van der Waals surface area contributed by atoms with E-state index in [1.165, 1.54) is 0 Å². The maximum Gasteiger partial charge on any atom is 0.143 e. The fourth-order valence-electron chi connectivity index (χ4n) is 2.65. The summed E-state index contributed by atoms with van der Waals surface area (Å²) in [6.07, 6.45) is 0. The molecule has 130 valence electrons. The van der Waals surface area contributed by atoms with Gasteiger partial charge in [-0.05, 0) is 47.9 Å². The van der Waals surface area contributed by atoms with Crippen molar-refractivity contribution in [2.24, 2.45) is 20.5 Å². The minimum Gasteiger partial charge on any atom is -0.506 e. The lowest BCUT2D eigenvalue weighted by Gasteiger charge is -2.03. The molecule has 0 radical (unpaired) electrons. The first kappa shape index (κ1) is 16.6. The average molecular weight is 352 g/mol. The van der Waals surface area contributed by atoms with Gasteiger partial charge in [0.1, 0.15) is 11.4 Å². The molecule has 4 aromatic carbocycles. The van der Waals surface area contributed by atoms with Crippen LogP contribution in [0.2, 0.25) is 0 Å². The highest BCUT2D eigenvalue weighted by atomic mass is 16.3. The summed E-state index contributed by atoms with van der Waals surface area (Å²) < 4.78 is 0. The van der Waals surface area contributed by atoms with Gasteiger partial charge in [-0.15, -0.1) is 5.11 Å². The number of rotatable bonds is 4. The van der Waals surface area contributed by atoms with E-state index < -0.39 is 0 Å². The molecule has 0 saturated heterocycles. The second kappa shape index (κ2) is 7.58. The summed E-state index contributed by atoms with van der Waals surface area (Å²) >= 11 is 0. The second-order valence-corrected chi connectivity index (χ2v) is 5.91. The predicted molar refractivity (Wildman–Crippen MR) is 107 cm³/mol. The average Bonchev–Trinajstić information content (AvgIpc) is 2.73. The van der Waals surface area contributed by atoms with Crippen molar-refractivity contribution in [3.63, 3.8) is 0 Å². The Morgan fingerprint density at radius 2 is 1.04 bits per heavy atom. The predicted octanol–water partition coefficient (Wildman–Crippen LogP) is 7.38. The highest BCUT2D eigenvalue weighted by Gasteiger charge is 2.05. The number of fused-ring (bicyclic) bond motifs is 1. The summed E-state index contributed by atoms with van der Waals surface area (Å²) in [6.45, 7) is 0. The van der Waals surface area contributed by atoms with Crippen molar-refractivity contribution in [1.29, 1.82) is 0 Å². The Labute approximate surface area is 156 Å². The second-order valence-electron chi connectivity index (χ2n) is 5.91. The molecule has 0 bridgehead atoms. The van der Waals surface area contributed by atoms with Gasteiger partial charge in [0, 0.05) is 5.39 Å². The SMILES string of the molecule is Oc1ccc2ccccc2c1N=Nc1ccc(N=Nc2ccccc2)cc1. The molecule has 4 aromatic rings. The van der Waals surface area contributed by atoms with Gasteiger partial charge in [0.05, 0.1) is 17.1 Å². The number of phenolic OH excluding ortho intramolecular Hbond substituents is 1. The molecule has 0 aromatic heterocycles. The fourth-order valence-corrected chi connectivity index (χ4v) is 2.65. The largest absolute Gasteiger partial charge is 0.506 e. The van der Waals surface area contributed by atoms with Crippen molar-refractivity contribution in [3.05, 3.63) is 91.0 Å². The molecular formula is C22H16N4O. The van der Waals surface area contributed by atoms with Gasteiger partial charge in [0.15, 0.2) is 0 Å². The Morgan fingerprint density at radius 3 is 1.74 bits per heavy atom. The molecule has 0 atom stereocenters. The van der Waals surface area contributed by atoms with Crippen molar-refractivity contribution in [2.45, 2.75) is 0 Å². The third-order valence-corrected chi connectivity index (χ3v) is 4.03. The molecule has 0 amide bonds. The molecule has 0 aliphatic heterocycles. The van der Waals surface area contributed by atoms with Gasteiger partial charge in [-0.25, -0.2) is 0 Å². The highest BCUT2D eigenvalue weighted by molar-refractivity contribution is 5.95. The van der Waals surface area contributed by atoms with E-state index in [4.69, 9.17) is 0 Å². The molecule has 5 nitrogen and oxygen atoms in total. The van der Waals surface area contributed by atoms with E-state index in [0.29, 0.717) is 11.4 Å². The molecule has 4 rings (SSSR count). The van der Waals surface area contributed by atoms with Gasteiger partial charge < -0.3 is 5.11 Å². The molecule has 0 aliphatic carbocycles. The van der Waals surface area contributed by atoms with Crippen LogP contribution in [0.3, 0.4) is 0 Å². The first-order valence-electron chi connectivity index (χ1n) is 8.49. The van der Waals surface area contributed by atoms with E-state index in [-0.39, 0.29) is 5.75 Å². The van der Waals surface area contributed by atoms with E-state index >= 15 is 0 Å². The van der Waals surface area contributed by atoms with Crippen LogP contribution in [0.5, 0.6) is 5.75 Å². The summed E-state index contributed by atoms with van der Waals surface area (Å²) in [4.78, 5) is 0. The Balaban J connectivity index is 1.55. The zero-order valence-electron chi connectivity index (χ0n) is 14.4. The van der Waals surface area contributed by atoms with Crippen molar-refractivity contribution < 1.29 is 5.11 Å². The number of hydrogen-bond acceptors (Lipinski definition) is 5. The Kier molecular flexibility index (Phi) is 4.66. The lowest BCUT2D eigenvalue weighted by molar-refractivity contribution is 0.477. The molecule has 0 spiro atoms. The Bertz CT molecular complexity index is 1120. The van der Waals surface area contributed by atoms with E-state index in [9.17, 15) is 5.11 Å². The smallest absolute Gasteiger partial charge is 0.143 e. The van der Waals surface area contributed by atoms with E-state index in [1.54, 1.807) is 6.07 Å². The molecular weight excluding hydrogens is 336 g/mol. The van der Waals surface area contributed by atoms with E-state index in [1.807, 2.05) is 84.9 Å². The number of nitrogens with zero attached hydrogens (tertiary/aromatic N) is 4. The van der Waals surface area contributed by atoms with Crippen molar-refractivity contribution in [1.82, 2.24) is 0 Å². The number of benzene rings is 4. The van der Waals surface area contributed by atoms with Crippen LogP contribution in [0.15, 0.2) is 111 Å². The van der Waals surface area contributed by atoms with Crippen molar-refractivity contribution in [2.75, 3.05) is 0 Å². The van der Waals surface area contributed by atoms with Crippen LogP contribution < -0.4 is 0 Å². The first-order valence-corrected chi connectivity index (χ1v) is 8.49. The molecule has 1 N–H and O–H groups in total. The van der Waals surface area contributed by atoms with Crippen LogP contribution in [-0.4, -0.2) is 5.11 Å². The maximum atomic E-state index is 10.1. The maximum absolute atomic E-state index is 10.1. The van der Waals surface area contributed by atoms with Crippen LogP contribution in [-0.2, 0) is 0 Å². The molecule has 0 aliphatic rings. The summed E-state index contributed by atoms with van der Waals surface area (Å²) in [6, 6.07) is 28.1. The van der Waals surface area contributed by atoms with Crippen LogP contribution in [0, 0.1) is 0 Å². The minimum absolute atomic E-state index is 0.103. The molecule has 0 saturated carbocycles. The monoisotopic (exact) mass is 352 g/mol. The van der Waals surface area contributed by atoms with Gasteiger partial charge in [-0.1, -0.05) is 48.5 Å². The van der Waals surface area contributed by atoms with E-state index in [0.717, 1.165) is 22.1 Å². The van der Waals surface area contributed by atoms with Crippen LogP contribution in [0.25, 0.3) is 10.8 Å². The van der Waals surface area contributed by atoms with Gasteiger partial charge in [-0.2, -0.15) is 15.3 Å². The van der Waals surface area contributed by atoms with Crippen LogP contribution >= 0.6 is 0 Å². The van der Waals surface area contributed by atoms with Gasteiger partial charge in [0.25, 0.3) is 0 Å². The van der Waals surface area contributed by atoms with Gasteiger partial charge >= 0.3 is 0 Å². The molecule has 5 heteroatoms. The lowest BCUT2D eigenvalue weighted by atomic mass is 10.1. The number of azo groups is 2. The Morgan fingerprint density at radius 1 is 0.481 bits per heavy atom. The third kappa shape index (κ3) is 3.88. The number of aromatic hydroxyl groups is 1. The lowest BCUT2D eigenvalue weighted by Crippen LogP contribution is -1.74. The van der Waals surface area contributed by atoms with Crippen LogP contribution in [0.1, 0.15) is 0 Å². The molecule has 0 unspecified atom stereocenters. The summed E-state index contributed by atoms with van der Waals surface area (Å²) in [7, 11) is 0. The highest BCUT2D eigenvalue weighted by Crippen LogP contribution is 2.36. The topological polar surface area (TPSA) is 69.7 Å². The normalized spacial score (nSPS) is 11.6. The van der Waals surface area contributed by atoms with Crippen molar-refractivity contribution >= 4 is 33.5 Å². The summed E-state index contributed by atoms with van der Waals surface area (Å²) in [5.74, 6) is 0.103. The van der Waals surface area contributed by atoms with Crippen LogP contribution in [0.4, 0.5) is 22.7 Å². The third-order valence-electron chi connectivity index (χ3n) is 4.03. The van der Waals surface area contributed by atoms with E-state index in [2.05, 4.69) is 20.5 Å². The summed E-state index contributed by atoms with van der Waals surface area (Å²) in [5, 5.41) is 28.9. The first-order chi connectivity index (χ1) is 13.3. The Hall–Kier alpha value is -3.86. The molecule has 0 heterocycles. The molecule has 0 fully saturated rings. The number of hydrogen-bond donors (Lipinski definition) is 1.